The number of carbonyl (C=O) groups is 1. The maximum Gasteiger partial charge on any atom is 0.279 e. The number of hydrogen-bond acceptors (Lipinski definition) is 4. The van der Waals surface area contributed by atoms with E-state index in [0.29, 0.717) is 27.9 Å². The summed E-state index contributed by atoms with van der Waals surface area (Å²) in [6, 6.07) is 19.0. The molecule has 29 heavy (non-hydrogen) atoms. The fourth-order valence-electron chi connectivity index (χ4n) is 3.00. The van der Waals surface area contributed by atoms with E-state index in [1.807, 2.05) is 0 Å². The quantitative estimate of drug-likeness (QED) is 0.576. The van der Waals surface area contributed by atoms with Crippen LogP contribution in [0.3, 0.4) is 0 Å². The van der Waals surface area contributed by atoms with Crippen LogP contribution < -0.4 is 15.6 Å². The normalized spacial score (nSPS) is 10.7. The van der Waals surface area contributed by atoms with E-state index in [2.05, 4.69) is 10.4 Å². The van der Waals surface area contributed by atoms with Gasteiger partial charge in [0.15, 0.2) is 5.69 Å². The highest BCUT2D eigenvalue weighted by Crippen LogP contribution is 2.19. The minimum absolute atomic E-state index is 0.0762. The summed E-state index contributed by atoms with van der Waals surface area (Å²) in [6.45, 7) is 0. The van der Waals surface area contributed by atoms with Crippen LogP contribution in [0.1, 0.15) is 10.5 Å². The molecule has 0 saturated heterocycles. The largest absolute Gasteiger partial charge is 0.497 e. The second-order valence-corrected chi connectivity index (χ2v) is 6.27. The van der Waals surface area contributed by atoms with Crippen LogP contribution in [0.2, 0.25) is 0 Å². The fourth-order valence-corrected chi connectivity index (χ4v) is 3.00. The van der Waals surface area contributed by atoms with E-state index in [9.17, 15) is 14.0 Å². The van der Waals surface area contributed by atoms with Gasteiger partial charge in [-0.2, -0.15) is 9.78 Å². The first kappa shape index (κ1) is 18.4. The Hall–Kier alpha value is -4.00. The molecule has 0 spiro atoms. The van der Waals surface area contributed by atoms with Gasteiger partial charge in [-0.15, -0.1) is 0 Å². The molecule has 0 radical (unpaired) electrons. The zero-order valence-corrected chi connectivity index (χ0v) is 15.4. The van der Waals surface area contributed by atoms with Crippen molar-refractivity contribution in [2.45, 2.75) is 0 Å². The van der Waals surface area contributed by atoms with Crippen LogP contribution in [0, 0.1) is 5.82 Å². The zero-order valence-electron chi connectivity index (χ0n) is 15.4. The number of anilines is 1. The van der Waals surface area contributed by atoms with Crippen LogP contribution in [0.15, 0.2) is 77.6 Å². The Morgan fingerprint density at radius 1 is 1.00 bits per heavy atom. The fraction of sp³-hybridized carbons (Fsp3) is 0.0455. The van der Waals surface area contributed by atoms with Crippen LogP contribution in [0.25, 0.3) is 16.5 Å². The van der Waals surface area contributed by atoms with E-state index in [4.69, 9.17) is 4.74 Å². The highest BCUT2D eigenvalue weighted by molar-refractivity contribution is 6.11. The Labute approximate surface area is 165 Å². The number of carbonyl (C=O) groups excluding carboxylic acids is 1. The topological polar surface area (TPSA) is 73.2 Å². The SMILES string of the molecule is COc1cccc(-n2nc(C(=O)Nc3ccc(F)cc3)c3ccccc3c2=O)c1. The molecule has 0 fully saturated rings. The van der Waals surface area contributed by atoms with Gasteiger partial charge in [-0.1, -0.05) is 24.3 Å². The molecule has 6 nitrogen and oxygen atoms in total. The van der Waals surface area contributed by atoms with E-state index >= 15 is 0 Å². The molecule has 0 saturated carbocycles. The summed E-state index contributed by atoms with van der Waals surface area (Å²) in [7, 11) is 1.53. The summed E-state index contributed by atoms with van der Waals surface area (Å²) in [5.74, 6) is -0.357. The predicted octanol–water partition coefficient (Wildman–Crippen LogP) is 3.79. The monoisotopic (exact) mass is 389 g/mol. The number of rotatable bonds is 4. The number of methoxy groups -OCH3 is 1. The molecule has 144 valence electrons. The number of nitrogens with zero attached hydrogens (tertiary/aromatic N) is 2. The van der Waals surface area contributed by atoms with Crippen molar-refractivity contribution in [2.75, 3.05) is 12.4 Å². The molecule has 7 heteroatoms. The number of amides is 1. The minimum atomic E-state index is -0.510. The van der Waals surface area contributed by atoms with Crippen molar-refractivity contribution >= 4 is 22.4 Å². The zero-order chi connectivity index (χ0) is 20.4. The second kappa shape index (κ2) is 7.55. The van der Waals surface area contributed by atoms with Gasteiger partial charge in [-0.3, -0.25) is 9.59 Å². The molecule has 1 aromatic heterocycles. The van der Waals surface area contributed by atoms with Gasteiger partial charge in [0.1, 0.15) is 11.6 Å². The molecular weight excluding hydrogens is 373 g/mol. The van der Waals surface area contributed by atoms with Gasteiger partial charge in [0.05, 0.1) is 18.2 Å². The number of aromatic nitrogens is 2. The van der Waals surface area contributed by atoms with Crippen molar-refractivity contribution in [1.82, 2.24) is 9.78 Å². The molecule has 0 unspecified atom stereocenters. The number of benzene rings is 3. The van der Waals surface area contributed by atoms with Gasteiger partial charge < -0.3 is 10.1 Å². The van der Waals surface area contributed by atoms with Gasteiger partial charge in [-0.05, 0) is 42.5 Å². The number of fused-ring (bicyclic) bond motifs is 1. The van der Waals surface area contributed by atoms with E-state index in [1.165, 1.54) is 36.1 Å². The average Bonchev–Trinajstić information content (AvgIpc) is 2.76. The van der Waals surface area contributed by atoms with Gasteiger partial charge >= 0.3 is 0 Å². The molecule has 1 amide bonds. The van der Waals surface area contributed by atoms with Crippen molar-refractivity contribution in [2.24, 2.45) is 0 Å². The lowest BCUT2D eigenvalue weighted by atomic mass is 10.1. The molecule has 0 aliphatic heterocycles. The molecule has 0 aliphatic carbocycles. The van der Waals surface area contributed by atoms with Crippen LogP contribution in [0.4, 0.5) is 10.1 Å². The highest BCUT2D eigenvalue weighted by atomic mass is 19.1. The minimum Gasteiger partial charge on any atom is -0.497 e. The Morgan fingerprint density at radius 3 is 2.45 bits per heavy atom. The van der Waals surface area contributed by atoms with Crippen molar-refractivity contribution in [3.63, 3.8) is 0 Å². The van der Waals surface area contributed by atoms with Gasteiger partial charge in [0, 0.05) is 17.1 Å². The van der Waals surface area contributed by atoms with E-state index < -0.39 is 11.7 Å². The van der Waals surface area contributed by atoms with E-state index in [1.54, 1.807) is 48.5 Å². The first-order chi connectivity index (χ1) is 14.1. The Bertz CT molecular complexity index is 1270. The lowest BCUT2D eigenvalue weighted by Crippen LogP contribution is -2.26. The number of ether oxygens (including phenoxy) is 1. The smallest absolute Gasteiger partial charge is 0.279 e. The highest BCUT2D eigenvalue weighted by Gasteiger charge is 2.18. The molecule has 4 aromatic rings. The van der Waals surface area contributed by atoms with Crippen molar-refractivity contribution in [1.29, 1.82) is 0 Å². The molecule has 4 rings (SSSR count). The molecule has 3 aromatic carbocycles. The third-order valence-corrected chi connectivity index (χ3v) is 4.42. The summed E-state index contributed by atoms with van der Waals surface area (Å²) in [5.41, 5.74) is 0.608. The maximum absolute atomic E-state index is 13.1. The first-order valence-electron chi connectivity index (χ1n) is 8.80. The summed E-state index contributed by atoms with van der Waals surface area (Å²) >= 11 is 0. The van der Waals surface area contributed by atoms with Crippen molar-refractivity contribution in [3.05, 3.63) is 94.7 Å². The summed E-state index contributed by atoms with van der Waals surface area (Å²) < 4.78 is 19.5. The standard InChI is InChI=1S/C22H16FN3O3/c1-29-17-6-4-5-16(13-17)26-22(28)19-8-3-2-7-18(19)20(25-26)21(27)24-15-11-9-14(23)10-12-15/h2-13H,1H3,(H,24,27). The first-order valence-corrected chi connectivity index (χ1v) is 8.80. The summed E-state index contributed by atoms with van der Waals surface area (Å²) in [6.07, 6.45) is 0. The Morgan fingerprint density at radius 2 is 1.72 bits per heavy atom. The Balaban J connectivity index is 1.86. The molecule has 1 heterocycles. The second-order valence-electron chi connectivity index (χ2n) is 6.27. The predicted molar refractivity (Wildman–Crippen MR) is 108 cm³/mol. The molecular formula is C22H16FN3O3. The number of hydrogen-bond donors (Lipinski definition) is 1. The van der Waals surface area contributed by atoms with Crippen LogP contribution in [-0.4, -0.2) is 22.8 Å². The maximum atomic E-state index is 13.1. The molecule has 0 atom stereocenters. The van der Waals surface area contributed by atoms with Crippen molar-refractivity contribution < 1.29 is 13.9 Å². The summed E-state index contributed by atoms with van der Waals surface area (Å²) in [4.78, 5) is 25.9. The van der Waals surface area contributed by atoms with E-state index in [-0.39, 0.29) is 11.3 Å². The van der Waals surface area contributed by atoms with Gasteiger partial charge in [-0.25, -0.2) is 4.39 Å². The van der Waals surface area contributed by atoms with E-state index in [0.717, 1.165) is 0 Å². The molecule has 0 bridgehead atoms. The van der Waals surface area contributed by atoms with Gasteiger partial charge in [0.25, 0.3) is 11.5 Å². The van der Waals surface area contributed by atoms with Crippen LogP contribution in [-0.2, 0) is 0 Å². The number of nitrogens with one attached hydrogen (secondary N) is 1. The average molecular weight is 389 g/mol. The van der Waals surface area contributed by atoms with Gasteiger partial charge in [0.2, 0.25) is 0 Å². The van der Waals surface area contributed by atoms with Crippen LogP contribution >= 0.6 is 0 Å². The third-order valence-electron chi connectivity index (χ3n) is 4.42. The number of halogens is 1. The van der Waals surface area contributed by atoms with Crippen molar-refractivity contribution in [3.8, 4) is 11.4 Å². The lowest BCUT2D eigenvalue weighted by Gasteiger charge is -2.12. The lowest BCUT2D eigenvalue weighted by molar-refractivity contribution is 0.102. The molecule has 0 aliphatic rings. The molecule has 1 N–H and O–H groups in total. The Kier molecular flexibility index (Phi) is 4.78. The van der Waals surface area contributed by atoms with Crippen LogP contribution in [0.5, 0.6) is 5.75 Å². The third kappa shape index (κ3) is 3.58. The summed E-state index contributed by atoms with van der Waals surface area (Å²) in [5, 5.41) is 7.80.